The van der Waals surface area contributed by atoms with Gasteiger partial charge in [-0.15, -0.1) is 0 Å². The largest absolute Gasteiger partial charge is 0.354 e. The van der Waals surface area contributed by atoms with Crippen LogP contribution < -0.4 is 10.2 Å². The van der Waals surface area contributed by atoms with E-state index in [1.807, 2.05) is 30.5 Å². The lowest BCUT2D eigenvalue weighted by Crippen LogP contribution is -2.46. The molecule has 2 aromatic rings. The SMILES string of the molecule is O=C(CCC1CCCC1)Nc1ccc(CN2CCN(c3ccccn3)CC2)cc1. The lowest BCUT2D eigenvalue weighted by Gasteiger charge is -2.35. The first-order valence-corrected chi connectivity index (χ1v) is 11.0. The monoisotopic (exact) mass is 392 g/mol. The minimum atomic E-state index is 0.148. The smallest absolute Gasteiger partial charge is 0.224 e. The maximum absolute atomic E-state index is 12.2. The molecule has 1 saturated carbocycles. The van der Waals surface area contributed by atoms with Gasteiger partial charge in [-0.2, -0.15) is 0 Å². The van der Waals surface area contributed by atoms with Crippen LogP contribution in [0.15, 0.2) is 48.7 Å². The predicted octanol–water partition coefficient (Wildman–Crippen LogP) is 4.31. The number of amides is 1. The predicted molar refractivity (Wildman–Crippen MR) is 118 cm³/mol. The maximum Gasteiger partial charge on any atom is 0.224 e. The molecule has 0 radical (unpaired) electrons. The quantitative estimate of drug-likeness (QED) is 0.763. The van der Waals surface area contributed by atoms with Crippen LogP contribution in [-0.4, -0.2) is 42.0 Å². The van der Waals surface area contributed by atoms with Gasteiger partial charge in [0.1, 0.15) is 5.82 Å². The highest BCUT2D eigenvalue weighted by molar-refractivity contribution is 5.90. The number of piperazine rings is 1. The van der Waals surface area contributed by atoms with E-state index < -0.39 is 0 Å². The van der Waals surface area contributed by atoms with Crippen LogP contribution in [0.5, 0.6) is 0 Å². The van der Waals surface area contributed by atoms with Crippen LogP contribution in [0.3, 0.4) is 0 Å². The van der Waals surface area contributed by atoms with Crippen molar-refractivity contribution in [1.82, 2.24) is 9.88 Å². The molecule has 154 valence electrons. The van der Waals surface area contributed by atoms with Gasteiger partial charge in [0.05, 0.1) is 0 Å². The summed E-state index contributed by atoms with van der Waals surface area (Å²) in [5.41, 5.74) is 2.20. The Morgan fingerprint density at radius 1 is 1.00 bits per heavy atom. The van der Waals surface area contributed by atoms with Gasteiger partial charge >= 0.3 is 0 Å². The first kappa shape index (κ1) is 19.9. The van der Waals surface area contributed by atoms with Crippen molar-refractivity contribution in [3.63, 3.8) is 0 Å². The summed E-state index contributed by atoms with van der Waals surface area (Å²) in [5.74, 6) is 1.98. The zero-order valence-corrected chi connectivity index (χ0v) is 17.2. The molecular formula is C24H32N4O. The number of hydrogen-bond acceptors (Lipinski definition) is 4. The van der Waals surface area contributed by atoms with E-state index in [0.717, 1.165) is 56.6 Å². The van der Waals surface area contributed by atoms with Gasteiger partial charge in [-0.1, -0.05) is 43.9 Å². The van der Waals surface area contributed by atoms with Crippen molar-refractivity contribution in [3.8, 4) is 0 Å². The van der Waals surface area contributed by atoms with Crippen LogP contribution in [0.4, 0.5) is 11.5 Å². The zero-order valence-electron chi connectivity index (χ0n) is 17.2. The second kappa shape index (κ2) is 9.88. The van der Waals surface area contributed by atoms with E-state index in [1.165, 1.54) is 31.2 Å². The fourth-order valence-electron chi connectivity index (χ4n) is 4.49. The Bertz CT molecular complexity index is 763. The summed E-state index contributed by atoms with van der Waals surface area (Å²) in [5, 5.41) is 3.05. The molecule has 5 heteroatoms. The van der Waals surface area contributed by atoms with E-state index in [4.69, 9.17) is 0 Å². The number of carbonyl (C=O) groups excluding carboxylic acids is 1. The Hall–Kier alpha value is -2.40. The van der Waals surface area contributed by atoms with Crippen LogP contribution in [0.25, 0.3) is 0 Å². The van der Waals surface area contributed by atoms with Crippen LogP contribution in [0, 0.1) is 5.92 Å². The van der Waals surface area contributed by atoms with Gasteiger partial charge in [-0.25, -0.2) is 4.98 Å². The summed E-state index contributed by atoms with van der Waals surface area (Å²) >= 11 is 0. The topological polar surface area (TPSA) is 48.5 Å². The van der Waals surface area contributed by atoms with Gasteiger partial charge in [-0.05, 0) is 42.2 Å². The molecule has 1 saturated heterocycles. The van der Waals surface area contributed by atoms with Crippen LogP contribution in [0.1, 0.15) is 44.1 Å². The van der Waals surface area contributed by atoms with E-state index in [9.17, 15) is 4.79 Å². The number of nitrogens with one attached hydrogen (secondary N) is 1. The Balaban J connectivity index is 1.20. The minimum Gasteiger partial charge on any atom is -0.354 e. The Kier molecular flexibility index (Phi) is 6.78. The highest BCUT2D eigenvalue weighted by Gasteiger charge is 2.18. The second-order valence-corrected chi connectivity index (χ2v) is 8.39. The summed E-state index contributed by atoms with van der Waals surface area (Å²) in [6, 6.07) is 14.4. The van der Waals surface area contributed by atoms with E-state index >= 15 is 0 Å². The molecule has 0 unspecified atom stereocenters. The maximum atomic E-state index is 12.2. The number of hydrogen-bond donors (Lipinski definition) is 1. The molecule has 2 heterocycles. The first-order valence-electron chi connectivity index (χ1n) is 11.0. The molecule has 1 N–H and O–H groups in total. The Morgan fingerprint density at radius 2 is 1.76 bits per heavy atom. The molecule has 2 aliphatic rings. The van der Waals surface area contributed by atoms with E-state index in [1.54, 1.807) is 0 Å². The third-order valence-corrected chi connectivity index (χ3v) is 6.24. The molecule has 1 aliphatic heterocycles. The lowest BCUT2D eigenvalue weighted by molar-refractivity contribution is -0.116. The van der Waals surface area contributed by atoms with Crippen LogP contribution >= 0.6 is 0 Å². The number of nitrogens with zero attached hydrogens (tertiary/aromatic N) is 3. The minimum absolute atomic E-state index is 0.148. The molecule has 0 atom stereocenters. The van der Waals surface area contributed by atoms with Crippen molar-refractivity contribution < 1.29 is 4.79 Å². The summed E-state index contributed by atoms with van der Waals surface area (Å²) in [6.45, 7) is 5.04. The van der Waals surface area contributed by atoms with Crippen molar-refractivity contribution in [3.05, 3.63) is 54.2 Å². The summed E-state index contributed by atoms with van der Waals surface area (Å²) in [6.07, 6.45) is 8.83. The van der Waals surface area contributed by atoms with Crippen molar-refractivity contribution >= 4 is 17.4 Å². The molecule has 1 aliphatic carbocycles. The van der Waals surface area contributed by atoms with Crippen molar-refractivity contribution in [2.45, 2.75) is 45.1 Å². The van der Waals surface area contributed by atoms with Crippen molar-refractivity contribution in [1.29, 1.82) is 0 Å². The average Bonchev–Trinajstić information content (AvgIpc) is 3.29. The number of benzene rings is 1. The number of aromatic nitrogens is 1. The number of anilines is 2. The number of pyridine rings is 1. The van der Waals surface area contributed by atoms with Gasteiger partial charge in [0.15, 0.2) is 0 Å². The van der Waals surface area contributed by atoms with Crippen molar-refractivity contribution in [2.24, 2.45) is 5.92 Å². The fraction of sp³-hybridized carbons (Fsp3) is 0.500. The average molecular weight is 393 g/mol. The Labute approximate surface area is 174 Å². The molecule has 1 aromatic heterocycles. The highest BCUT2D eigenvalue weighted by atomic mass is 16.1. The fourth-order valence-corrected chi connectivity index (χ4v) is 4.49. The number of rotatable bonds is 7. The lowest BCUT2D eigenvalue weighted by atomic mass is 10.0. The normalized spacial score (nSPS) is 18.1. The molecule has 0 bridgehead atoms. The molecule has 29 heavy (non-hydrogen) atoms. The Morgan fingerprint density at radius 3 is 2.45 bits per heavy atom. The van der Waals surface area contributed by atoms with Gasteiger partial charge < -0.3 is 10.2 Å². The third kappa shape index (κ3) is 5.80. The first-order chi connectivity index (χ1) is 14.3. The van der Waals surface area contributed by atoms with Crippen molar-refractivity contribution in [2.75, 3.05) is 36.4 Å². The summed E-state index contributed by atoms with van der Waals surface area (Å²) < 4.78 is 0. The van der Waals surface area contributed by atoms with E-state index in [-0.39, 0.29) is 5.91 Å². The zero-order chi connectivity index (χ0) is 19.9. The third-order valence-electron chi connectivity index (χ3n) is 6.24. The number of carbonyl (C=O) groups is 1. The summed E-state index contributed by atoms with van der Waals surface area (Å²) in [7, 11) is 0. The van der Waals surface area contributed by atoms with Gasteiger partial charge in [-0.3, -0.25) is 9.69 Å². The standard InChI is InChI=1S/C24H32N4O/c29-24(13-10-20-5-1-2-6-20)26-22-11-8-21(9-12-22)19-27-15-17-28(18-16-27)23-7-3-4-14-25-23/h3-4,7-9,11-12,14,20H,1-2,5-6,10,13,15-19H2,(H,26,29). The molecular weight excluding hydrogens is 360 g/mol. The van der Waals surface area contributed by atoms with E-state index in [0.29, 0.717) is 6.42 Å². The highest BCUT2D eigenvalue weighted by Crippen LogP contribution is 2.28. The van der Waals surface area contributed by atoms with Gasteiger partial charge in [0, 0.05) is 51.0 Å². The molecule has 2 fully saturated rings. The molecule has 4 rings (SSSR count). The van der Waals surface area contributed by atoms with Crippen LogP contribution in [-0.2, 0) is 11.3 Å². The molecule has 0 spiro atoms. The van der Waals surface area contributed by atoms with Crippen LogP contribution in [0.2, 0.25) is 0 Å². The summed E-state index contributed by atoms with van der Waals surface area (Å²) in [4.78, 5) is 21.5. The molecule has 5 nitrogen and oxygen atoms in total. The molecule has 1 amide bonds. The van der Waals surface area contributed by atoms with E-state index in [2.05, 4.69) is 38.3 Å². The molecule has 1 aromatic carbocycles. The second-order valence-electron chi connectivity index (χ2n) is 8.39. The van der Waals surface area contributed by atoms with Gasteiger partial charge in [0.2, 0.25) is 5.91 Å². The van der Waals surface area contributed by atoms with Gasteiger partial charge in [0.25, 0.3) is 0 Å².